The minimum Gasteiger partial charge on any atom is -0.343 e. The molecule has 2 heterocycles. The molecular formula is C17H22N4O3. The average Bonchev–Trinajstić information content (AvgIpc) is 2.88. The lowest BCUT2D eigenvalue weighted by atomic mass is 10.1. The Hall–Kier alpha value is -2.57. The minimum atomic E-state index is -0.503. The second-order valence-electron chi connectivity index (χ2n) is 6.64. The molecule has 0 spiro atoms. The average molecular weight is 330 g/mol. The van der Waals surface area contributed by atoms with Gasteiger partial charge in [-0.3, -0.25) is 9.59 Å². The summed E-state index contributed by atoms with van der Waals surface area (Å²) in [5.41, 5.74) is 2.86. The predicted octanol–water partition coefficient (Wildman–Crippen LogP) is 0.913. The maximum atomic E-state index is 12.2. The molecule has 0 radical (unpaired) electrons. The van der Waals surface area contributed by atoms with Crippen LogP contribution in [0.5, 0.6) is 0 Å². The number of carbonyl (C=O) groups excluding carboxylic acids is 3. The van der Waals surface area contributed by atoms with E-state index in [9.17, 15) is 14.4 Å². The molecule has 7 heteroatoms. The second-order valence-corrected chi connectivity index (χ2v) is 6.64. The fraction of sp³-hybridized carbons (Fsp3) is 0.471. The van der Waals surface area contributed by atoms with E-state index < -0.39 is 12.1 Å². The molecule has 1 aromatic rings. The summed E-state index contributed by atoms with van der Waals surface area (Å²) < 4.78 is 0. The molecule has 24 heavy (non-hydrogen) atoms. The Balaban J connectivity index is 1.62. The summed E-state index contributed by atoms with van der Waals surface area (Å²) in [4.78, 5) is 37.9. The van der Waals surface area contributed by atoms with Gasteiger partial charge in [-0.15, -0.1) is 0 Å². The molecule has 0 aliphatic carbocycles. The molecular weight excluding hydrogens is 308 g/mol. The van der Waals surface area contributed by atoms with Gasteiger partial charge >= 0.3 is 6.03 Å². The van der Waals surface area contributed by atoms with E-state index in [1.807, 2.05) is 32.0 Å². The number of nitrogens with one attached hydrogen (secondary N) is 3. The summed E-state index contributed by atoms with van der Waals surface area (Å²) >= 11 is 0. The van der Waals surface area contributed by atoms with E-state index in [0.717, 1.165) is 16.8 Å². The van der Waals surface area contributed by atoms with E-state index in [-0.39, 0.29) is 23.9 Å². The zero-order valence-corrected chi connectivity index (χ0v) is 14.1. The van der Waals surface area contributed by atoms with Gasteiger partial charge in [0.15, 0.2) is 0 Å². The highest BCUT2D eigenvalue weighted by molar-refractivity contribution is 5.97. The van der Waals surface area contributed by atoms with Crippen molar-refractivity contribution < 1.29 is 14.4 Å². The fourth-order valence-electron chi connectivity index (χ4n) is 3.45. The molecule has 7 nitrogen and oxygen atoms in total. The first kappa shape index (κ1) is 16.3. The largest absolute Gasteiger partial charge is 0.343 e. The number of rotatable bonds is 2. The van der Waals surface area contributed by atoms with Crippen LogP contribution in [0, 0.1) is 13.8 Å². The summed E-state index contributed by atoms with van der Waals surface area (Å²) in [6, 6.07) is 4.26. The third-order valence-corrected chi connectivity index (χ3v) is 4.43. The van der Waals surface area contributed by atoms with E-state index in [1.165, 1.54) is 0 Å². The molecule has 0 aromatic heterocycles. The van der Waals surface area contributed by atoms with Crippen molar-refractivity contribution in [3.05, 3.63) is 29.3 Å². The minimum absolute atomic E-state index is 0.0985. The Morgan fingerprint density at radius 2 is 1.88 bits per heavy atom. The Labute approximate surface area is 140 Å². The number of anilines is 1. The summed E-state index contributed by atoms with van der Waals surface area (Å²) in [5.74, 6) is -0.250. The summed E-state index contributed by atoms with van der Waals surface area (Å²) in [6.45, 7) is 5.97. The van der Waals surface area contributed by atoms with Crippen LogP contribution in [0.2, 0.25) is 0 Å². The van der Waals surface area contributed by atoms with Crippen molar-refractivity contribution in [1.82, 2.24) is 15.5 Å². The van der Waals surface area contributed by atoms with Crippen LogP contribution in [0.4, 0.5) is 10.5 Å². The molecule has 2 aliphatic heterocycles. The topological polar surface area (TPSA) is 90.5 Å². The number of amides is 4. The molecule has 3 rings (SSSR count). The van der Waals surface area contributed by atoms with Crippen molar-refractivity contribution in [3.63, 3.8) is 0 Å². The number of benzene rings is 1. The Morgan fingerprint density at radius 3 is 2.54 bits per heavy atom. The number of fused-ring (bicyclic) bond motifs is 1. The molecule has 128 valence electrons. The Morgan fingerprint density at radius 1 is 1.21 bits per heavy atom. The number of urea groups is 1. The first-order valence-electron chi connectivity index (χ1n) is 8.10. The first-order valence-corrected chi connectivity index (χ1v) is 8.10. The lowest BCUT2D eigenvalue weighted by Gasteiger charge is -2.32. The third-order valence-electron chi connectivity index (χ3n) is 4.43. The molecule has 1 aromatic carbocycles. The van der Waals surface area contributed by atoms with Crippen LogP contribution < -0.4 is 16.0 Å². The first-order chi connectivity index (χ1) is 11.3. The van der Waals surface area contributed by atoms with Crippen molar-refractivity contribution in [2.24, 2.45) is 0 Å². The van der Waals surface area contributed by atoms with Crippen LogP contribution >= 0.6 is 0 Å². The maximum Gasteiger partial charge on any atom is 0.319 e. The van der Waals surface area contributed by atoms with Crippen molar-refractivity contribution in [3.8, 4) is 0 Å². The molecule has 3 N–H and O–H groups in total. The lowest BCUT2D eigenvalue weighted by Crippen LogP contribution is -2.60. The zero-order chi connectivity index (χ0) is 17.4. The van der Waals surface area contributed by atoms with E-state index in [4.69, 9.17) is 0 Å². The normalized spacial score (nSPS) is 26.0. The SMILES string of the molecule is Cc1cc(C)cc(NC(=O)N[C@H]2C[C@H]3C(=O)N[C@@H](C)C(=O)N3C2)c1. The molecule has 0 unspecified atom stereocenters. The van der Waals surface area contributed by atoms with Gasteiger partial charge in [-0.2, -0.15) is 0 Å². The number of carbonyl (C=O) groups is 3. The number of piperazine rings is 1. The smallest absolute Gasteiger partial charge is 0.319 e. The Kier molecular flexibility index (Phi) is 4.17. The predicted molar refractivity (Wildman–Crippen MR) is 89.6 cm³/mol. The van der Waals surface area contributed by atoms with Gasteiger partial charge in [0.2, 0.25) is 11.8 Å². The summed E-state index contributed by atoms with van der Waals surface area (Å²) in [6.07, 6.45) is 0.435. The van der Waals surface area contributed by atoms with Crippen LogP contribution in [0.15, 0.2) is 18.2 Å². The maximum absolute atomic E-state index is 12.2. The third kappa shape index (κ3) is 3.20. The van der Waals surface area contributed by atoms with Gasteiger partial charge in [0.25, 0.3) is 0 Å². The van der Waals surface area contributed by atoms with Crippen LogP contribution in [-0.2, 0) is 9.59 Å². The van der Waals surface area contributed by atoms with Crippen molar-refractivity contribution in [1.29, 1.82) is 0 Å². The van der Waals surface area contributed by atoms with Crippen LogP contribution in [0.3, 0.4) is 0 Å². The number of hydrogen-bond donors (Lipinski definition) is 3. The summed E-state index contributed by atoms with van der Waals surface area (Å²) in [7, 11) is 0. The molecule has 0 bridgehead atoms. The Bertz CT molecular complexity index is 683. The second kappa shape index (κ2) is 6.14. The molecule has 4 amide bonds. The lowest BCUT2D eigenvalue weighted by molar-refractivity contribution is -0.146. The quantitative estimate of drug-likeness (QED) is 0.753. The van der Waals surface area contributed by atoms with Gasteiger partial charge in [0.05, 0.1) is 6.04 Å². The van der Waals surface area contributed by atoms with Gasteiger partial charge < -0.3 is 20.9 Å². The highest BCUT2D eigenvalue weighted by Gasteiger charge is 2.45. The van der Waals surface area contributed by atoms with Crippen molar-refractivity contribution in [2.45, 2.75) is 45.3 Å². The number of nitrogens with zero attached hydrogens (tertiary/aromatic N) is 1. The van der Waals surface area contributed by atoms with Crippen molar-refractivity contribution >= 4 is 23.5 Å². The van der Waals surface area contributed by atoms with E-state index in [2.05, 4.69) is 16.0 Å². The van der Waals surface area contributed by atoms with Gasteiger partial charge in [-0.05, 0) is 50.5 Å². The summed E-state index contributed by atoms with van der Waals surface area (Å²) in [5, 5.41) is 8.33. The molecule has 0 saturated carbocycles. The fourth-order valence-corrected chi connectivity index (χ4v) is 3.45. The molecule has 2 saturated heterocycles. The molecule has 2 aliphatic rings. The highest BCUT2D eigenvalue weighted by Crippen LogP contribution is 2.22. The molecule has 3 atom stereocenters. The van der Waals surface area contributed by atoms with Gasteiger partial charge in [-0.25, -0.2) is 4.79 Å². The van der Waals surface area contributed by atoms with E-state index in [0.29, 0.717) is 13.0 Å². The monoisotopic (exact) mass is 330 g/mol. The van der Waals surface area contributed by atoms with E-state index in [1.54, 1.807) is 11.8 Å². The number of aryl methyl sites for hydroxylation is 2. The van der Waals surface area contributed by atoms with Gasteiger partial charge in [-0.1, -0.05) is 6.07 Å². The van der Waals surface area contributed by atoms with E-state index >= 15 is 0 Å². The zero-order valence-electron chi connectivity index (χ0n) is 14.1. The number of hydrogen-bond acceptors (Lipinski definition) is 3. The van der Waals surface area contributed by atoms with Crippen LogP contribution in [-0.4, -0.2) is 47.4 Å². The molecule has 2 fully saturated rings. The van der Waals surface area contributed by atoms with Gasteiger partial charge in [0, 0.05) is 12.2 Å². The van der Waals surface area contributed by atoms with Gasteiger partial charge in [0.1, 0.15) is 12.1 Å². The highest BCUT2D eigenvalue weighted by atomic mass is 16.2. The van der Waals surface area contributed by atoms with Crippen LogP contribution in [0.25, 0.3) is 0 Å². The van der Waals surface area contributed by atoms with Crippen LogP contribution in [0.1, 0.15) is 24.5 Å². The van der Waals surface area contributed by atoms with Crippen molar-refractivity contribution in [2.75, 3.05) is 11.9 Å². The standard InChI is InChI=1S/C17H22N4O3/c1-9-4-10(2)6-12(5-9)19-17(24)20-13-7-14-15(22)18-11(3)16(23)21(14)8-13/h4-6,11,13-14H,7-8H2,1-3H3,(H,18,22)(H2,19,20,24)/t11-,13-,14-/m0/s1.